The first-order valence-corrected chi connectivity index (χ1v) is 10.8. The van der Waals surface area contributed by atoms with Gasteiger partial charge in [-0.3, -0.25) is 9.59 Å². The second-order valence-electron chi connectivity index (χ2n) is 7.84. The number of nitrogens with one attached hydrogen (secondary N) is 3. The molecule has 0 unspecified atom stereocenters. The van der Waals surface area contributed by atoms with Crippen LogP contribution < -0.4 is 20.7 Å². The van der Waals surface area contributed by atoms with Gasteiger partial charge in [-0.25, -0.2) is 4.79 Å². The molecule has 0 aromatic heterocycles. The molecule has 0 bridgehead atoms. The number of anilines is 2. The van der Waals surface area contributed by atoms with Crippen molar-refractivity contribution in [1.82, 2.24) is 5.32 Å². The quantitative estimate of drug-likeness (QED) is 0.313. The summed E-state index contributed by atoms with van der Waals surface area (Å²) in [5, 5.41) is 8.30. The molecule has 3 N–H and O–H groups in total. The van der Waals surface area contributed by atoms with Crippen molar-refractivity contribution in [3.63, 3.8) is 0 Å². The van der Waals surface area contributed by atoms with Crippen molar-refractivity contribution in [3.05, 3.63) is 95.6 Å². The number of hydrogen-bond donors (Lipinski definition) is 3. The number of methoxy groups -OCH3 is 1. The lowest BCUT2D eigenvalue weighted by molar-refractivity contribution is 0.102. The predicted molar refractivity (Wildman–Crippen MR) is 134 cm³/mol. The highest BCUT2D eigenvalue weighted by molar-refractivity contribution is 6.07. The third-order valence-corrected chi connectivity index (χ3v) is 4.77. The van der Waals surface area contributed by atoms with Crippen LogP contribution in [-0.4, -0.2) is 30.9 Å². The van der Waals surface area contributed by atoms with Crippen LogP contribution in [0.25, 0.3) is 6.08 Å². The van der Waals surface area contributed by atoms with Crippen LogP contribution in [0.3, 0.4) is 0 Å². The Hall–Kier alpha value is -4.39. The van der Waals surface area contributed by atoms with Gasteiger partial charge in [0.15, 0.2) is 5.78 Å². The lowest BCUT2D eigenvalue weighted by atomic mass is 10.1. The number of amides is 3. The fourth-order valence-electron chi connectivity index (χ4n) is 3.08. The van der Waals surface area contributed by atoms with Gasteiger partial charge in [-0.05, 0) is 86.2 Å². The van der Waals surface area contributed by atoms with E-state index in [9.17, 15) is 14.4 Å². The van der Waals surface area contributed by atoms with Gasteiger partial charge >= 0.3 is 6.03 Å². The summed E-state index contributed by atoms with van der Waals surface area (Å²) in [6.45, 7) is 3.75. The second-order valence-corrected chi connectivity index (χ2v) is 7.84. The smallest absolute Gasteiger partial charge is 0.319 e. The van der Waals surface area contributed by atoms with Gasteiger partial charge < -0.3 is 20.7 Å². The zero-order valence-electron chi connectivity index (χ0n) is 19.3. The number of hydrogen-bond acceptors (Lipinski definition) is 4. The van der Waals surface area contributed by atoms with Gasteiger partial charge in [0.1, 0.15) is 5.75 Å². The number of carbonyl (C=O) groups is 3. The number of benzene rings is 3. The highest BCUT2D eigenvalue weighted by atomic mass is 16.5. The number of rotatable bonds is 8. The molecule has 0 aliphatic rings. The first-order valence-electron chi connectivity index (χ1n) is 10.8. The van der Waals surface area contributed by atoms with Gasteiger partial charge in [-0.2, -0.15) is 0 Å². The molecule has 7 heteroatoms. The molecule has 3 aromatic rings. The van der Waals surface area contributed by atoms with Crippen LogP contribution in [0.15, 0.2) is 78.9 Å². The third kappa shape index (κ3) is 7.06. The maximum atomic E-state index is 12.5. The number of ether oxygens (including phenoxy) is 1. The lowest BCUT2D eigenvalue weighted by Crippen LogP contribution is -2.34. The molecule has 3 amide bonds. The van der Waals surface area contributed by atoms with Gasteiger partial charge in [0, 0.05) is 28.5 Å². The van der Waals surface area contributed by atoms with E-state index in [-0.39, 0.29) is 23.8 Å². The summed E-state index contributed by atoms with van der Waals surface area (Å²) < 4.78 is 5.11. The van der Waals surface area contributed by atoms with E-state index in [4.69, 9.17) is 4.74 Å². The summed E-state index contributed by atoms with van der Waals surface area (Å²) in [7, 11) is 1.57. The Morgan fingerprint density at radius 1 is 0.824 bits per heavy atom. The first kappa shape index (κ1) is 24.3. The molecule has 0 aliphatic heterocycles. The van der Waals surface area contributed by atoms with Crippen molar-refractivity contribution in [2.45, 2.75) is 19.9 Å². The summed E-state index contributed by atoms with van der Waals surface area (Å²) in [5.74, 6) is 0.261. The molecule has 0 heterocycles. The van der Waals surface area contributed by atoms with Crippen LogP contribution in [0.5, 0.6) is 5.75 Å². The number of carbonyl (C=O) groups excluding carboxylic acids is 3. The van der Waals surface area contributed by atoms with Gasteiger partial charge in [0.25, 0.3) is 5.91 Å². The average Bonchev–Trinajstić information content (AvgIpc) is 2.82. The first-order chi connectivity index (χ1) is 16.3. The molecule has 3 aromatic carbocycles. The Morgan fingerprint density at radius 3 is 2.15 bits per heavy atom. The number of ketones is 1. The molecule has 0 aliphatic carbocycles. The van der Waals surface area contributed by atoms with Crippen molar-refractivity contribution < 1.29 is 19.1 Å². The minimum atomic E-state index is -0.298. The summed E-state index contributed by atoms with van der Waals surface area (Å²) >= 11 is 0. The van der Waals surface area contributed by atoms with E-state index in [0.29, 0.717) is 28.3 Å². The fraction of sp³-hybridized carbons (Fsp3) is 0.148. The molecule has 0 fully saturated rings. The van der Waals surface area contributed by atoms with E-state index in [1.165, 1.54) is 6.08 Å². The molecule has 0 spiro atoms. The molecule has 174 valence electrons. The standard InChI is InChI=1S/C27H27N3O4/c1-18(2)28-27(33)30-22-12-8-20(9-13-22)25(31)16-7-19-5-4-6-23(17-19)29-26(32)21-10-14-24(34-3)15-11-21/h4-18H,1-3H3,(H,29,32)(H2,28,30,33)/b16-7+. The lowest BCUT2D eigenvalue weighted by Gasteiger charge is -2.10. The summed E-state index contributed by atoms with van der Waals surface area (Å²) in [6.07, 6.45) is 3.16. The Bertz CT molecular complexity index is 1180. The van der Waals surface area contributed by atoms with Crippen LogP contribution in [0.4, 0.5) is 16.2 Å². The highest BCUT2D eigenvalue weighted by Crippen LogP contribution is 2.17. The van der Waals surface area contributed by atoms with Crippen molar-refractivity contribution in [1.29, 1.82) is 0 Å². The SMILES string of the molecule is COc1ccc(C(=O)Nc2cccc(/C=C/C(=O)c3ccc(NC(=O)NC(C)C)cc3)c2)cc1. The van der Waals surface area contributed by atoms with Crippen LogP contribution in [0.1, 0.15) is 40.1 Å². The Morgan fingerprint density at radius 2 is 1.50 bits per heavy atom. The van der Waals surface area contributed by atoms with E-state index < -0.39 is 0 Å². The van der Waals surface area contributed by atoms with Crippen molar-refractivity contribution in [3.8, 4) is 5.75 Å². The third-order valence-electron chi connectivity index (χ3n) is 4.77. The number of urea groups is 1. The molecule has 3 rings (SSSR count). The van der Waals surface area contributed by atoms with Crippen molar-refractivity contribution >= 4 is 35.2 Å². The monoisotopic (exact) mass is 457 g/mol. The minimum absolute atomic E-state index is 0.0280. The molecule has 34 heavy (non-hydrogen) atoms. The Balaban J connectivity index is 1.60. The Kier molecular flexibility index (Phi) is 8.18. The topological polar surface area (TPSA) is 96.5 Å². The van der Waals surface area contributed by atoms with E-state index in [0.717, 1.165) is 5.56 Å². The molecule has 0 saturated carbocycles. The molecule has 7 nitrogen and oxygen atoms in total. The molecule has 0 radical (unpaired) electrons. The average molecular weight is 458 g/mol. The van der Waals surface area contributed by atoms with Gasteiger partial charge in [-0.15, -0.1) is 0 Å². The van der Waals surface area contributed by atoms with Crippen LogP contribution in [0.2, 0.25) is 0 Å². The van der Waals surface area contributed by atoms with Gasteiger partial charge in [0.2, 0.25) is 0 Å². The van der Waals surface area contributed by atoms with Crippen molar-refractivity contribution in [2.75, 3.05) is 17.7 Å². The maximum absolute atomic E-state index is 12.5. The molecule has 0 atom stereocenters. The van der Waals surface area contributed by atoms with Gasteiger partial charge in [0.05, 0.1) is 7.11 Å². The molecular formula is C27H27N3O4. The normalized spacial score (nSPS) is 10.7. The highest BCUT2D eigenvalue weighted by Gasteiger charge is 2.08. The fourth-order valence-corrected chi connectivity index (χ4v) is 3.08. The van der Waals surface area contributed by atoms with Crippen LogP contribution >= 0.6 is 0 Å². The van der Waals surface area contributed by atoms with Crippen molar-refractivity contribution in [2.24, 2.45) is 0 Å². The minimum Gasteiger partial charge on any atom is -0.497 e. The summed E-state index contributed by atoms with van der Waals surface area (Å²) in [4.78, 5) is 36.8. The van der Waals surface area contributed by atoms with Crippen LogP contribution in [-0.2, 0) is 0 Å². The van der Waals surface area contributed by atoms with E-state index in [1.54, 1.807) is 79.9 Å². The summed E-state index contributed by atoms with van der Waals surface area (Å²) in [5.41, 5.74) is 2.99. The van der Waals surface area contributed by atoms with Gasteiger partial charge in [-0.1, -0.05) is 18.2 Å². The van der Waals surface area contributed by atoms with E-state index in [2.05, 4.69) is 16.0 Å². The zero-order chi connectivity index (χ0) is 24.5. The maximum Gasteiger partial charge on any atom is 0.319 e. The molecule has 0 saturated heterocycles. The number of allylic oxidation sites excluding steroid dienone is 1. The van der Waals surface area contributed by atoms with E-state index >= 15 is 0 Å². The zero-order valence-corrected chi connectivity index (χ0v) is 19.3. The van der Waals surface area contributed by atoms with Crippen LogP contribution in [0, 0.1) is 0 Å². The largest absolute Gasteiger partial charge is 0.497 e. The Labute approximate surface area is 198 Å². The van der Waals surface area contributed by atoms with E-state index in [1.807, 2.05) is 19.9 Å². The summed E-state index contributed by atoms with van der Waals surface area (Å²) in [6, 6.07) is 20.4. The predicted octanol–water partition coefficient (Wildman–Crippen LogP) is 5.37. The second kappa shape index (κ2) is 11.5. The molecular weight excluding hydrogens is 430 g/mol.